The molecule has 0 saturated carbocycles. The first-order chi connectivity index (χ1) is 12.6. The van der Waals surface area contributed by atoms with Gasteiger partial charge in [-0.2, -0.15) is 5.10 Å². The van der Waals surface area contributed by atoms with Crippen LogP contribution in [0.25, 0.3) is 10.9 Å². The van der Waals surface area contributed by atoms with E-state index in [1.54, 1.807) is 12.3 Å². The van der Waals surface area contributed by atoms with E-state index >= 15 is 0 Å². The highest BCUT2D eigenvalue weighted by Gasteiger charge is 2.29. The zero-order valence-corrected chi connectivity index (χ0v) is 14.8. The van der Waals surface area contributed by atoms with Gasteiger partial charge in [-0.3, -0.25) is 9.59 Å². The Labute approximate surface area is 151 Å². The maximum Gasteiger partial charge on any atom is 0.266 e. The second-order valence-electron chi connectivity index (χ2n) is 6.89. The molecule has 26 heavy (non-hydrogen) atoms. The Bertz CT molecular complexity index is 1000. The highest BCUT2D eigenvalue weighted by atomic mass is 16.2. The van der Waals surface area contributed by atoms with Crippen LogP contribution >= 0.6 is 0 Å². The maximum absolute atomic E-state index is 13.0. The van der Waals surface area contributed by atoms with Crippen LogP contribution in [0.4, 0.5) is 0 Å². The molecule has 134 valence electrons. The molecule has 6 heteroatoms. The molecular weight excluding hydrogens is 328 g/mol. The van der Waals surface area contributed by atoms with E-state index in [0.717, 1.165) is 35.9 Å². The molecule has 0 spiro atoms. The number of hydrogen-bond acceptors (Lipinski definition) is 3. The first kappa shape index (κ1) is 16.6. The number of benzene rings is 1. The van der Waals surface area contributed by atoms with E-state index in [4.69, 9.17) is 0 Å². The Morgan fingerprint density at radius 1 is 1.23 bits per heavy atom. The summed E-state index contributed by atoms with van der Waals surface area (Å²) in [4.78, 5) is 26.8. The zero-order chi connectivity index (χ0) is 18.1. The van der Waals surface area contributed by atoms with Crippen LogP contribution in [0.15, 0.2) is 53.6 Å². The average Bonchev–Trinajstić information content (AvgIpc) is 3.22. The van der Waals surface area contributed by atoms with Crippen molar-refractivity contribution in [3.63, 3.8) is 0 Å². The lowest BCUT2D eigenvalue weighted by Crippen LogP contribution is -2.41. The molecule has 6 nitrogen and oxygen atoms in total. The number of para-hydroxylation sites is 1. The molecule has 1 aliphatic rings. The zero-order valence-electron chi connectivity index (χ0n) is 14.8. The molecule has 1 aromatic carbocycles. The Balaban J connectivity index is 1.53. The van der Waals surface area contributed by atoms with Crippen LogP contribution in [0.5, 0.6) is 0 Å². The van der Waals surface area contributed by atoms with Crippen LogP contribution in [-0.4, -0.2) is 37.7 Å². The molecule has 0 N–H and O–H groups in total. The molecule has 1 aliphatic heterocycles. The predicted octanol–water partition coefficient (Wildman–Crippen LogP) is 1.97. The van der Waals surface area contributed by atoms with Crippen molar-refractivity contribution in [2.24, 2.45) is 7.05 Å². The summed E-state index contributed by atoms with van der Waals surface area (Å²) in [6, 6.07) is 11.3. The third-order valence-corrected chi connectivity index (χ3v) is 5.19. The van der Waals surface area contributed by atoms with Crippen LogP contribution in [0, 0.1) is 0 Å². The van der Waals surface area contributed by atoms with Crippen molar-refractivity contribution in [3.8, 4) is 0 Å². The van der Waals surface area contributed by atoms with Crippen molar-refractivity contribution in [1.29, 1.82) is 0 Å². The van der Waals surface area contributed by atoms with Gasteiger partial charge in [0, 0.05) is 43.0 Å². The Hall–Kier alpha value is -2.89. The van der Waals surface area contributed by atoms with E-state index in [9.17, 15) is 9.59 Å². The lowest BCUT2D eigenvalue weighted by atomic mass is 10.1. The van der Waals surface area contributed by atoms with Crippen molar-refractivity contribution < 1.29 is 4.79 Å². The second kappa shape index (κ2) is 6.78. The molecule has 1 atom stereocenters. The Morgan fingerprint density at radius 3 is 2.92 bits per heavy atom. The number of hydrogen-bond donors (Lipinski definition) is 0. The summed E-state index contributed by atoms with van der Waals surface area (Å²) in [7, 11) is 2.00. The first-order valence-corrected chi connectivity index (χ1v) is 8.98. The summed E-state index contributed by atoms with van der Waals surface area (Å²) in [5.41, 5.74) is 2.06. The highest BCUT2D eigenvalue weighted by Crippen LogP contribution is 2.24. The number of likely N-dealkylation sites (tertiary alicyclic amines) is 1. The van der Waals surface area contributed by atoms with Crippen LogP contribution < -0.4 is 5.56 Å². The lowest BCUT2D eigenvalue weighted by molar-refractivity contribution is -0.131. The van der Waals surface area contributed by atoms with Gasteiger partial charge in [0.2, 0.25) is 5.91 Å². The highest BCUT2D eigenvalue weighted by molar-refractivity contribution is 5.89. The molecule has 2 aromatic heterocycles. The molecule has 3 aromatic rings. The number of fused-ring (bicyclic) bond motifs is 1. The number of carbonyl (C=O) groups excluding carboxylic acids is 1. The summed E-state index contributed by atoms with van der Waals surface area (Å²) < 4.78 is 3.51. The third kappa shape index (κ3) is 3.03. The van der Waals surface area contributed by atoms with Crippen LogP contribution in [0.2, 0.25) is 0 Å². The summed E-state index contributed by atoms with van der Waals surface area (Å²) in [5.74, 6) is 0.118. The van der Waals surface area contributed by atoms with E-state index in [0.29, 0.717) is 13.0 Å². The van der Waals surface area contributed by atoms with Gasteiger partial charge in [0.05, 0.1) is 19.0 Å². The topological polar surface area (TPSA) is 60.1 Å². The maximum atomic E-state index is 13.0. The predicted molar refractivity (Wildman–Crippen MR) is 99.9 cm³/mol. The molecule has 1 unspecified atom stereocenters. The Kier molecular flexibility index (Phi) is 4.32. The monoisotopic (exact) mass is 350 g/mol. The minimum atomic E-state index is -0.124. The summed E-state index contributed by atoms with van der Waals surface area (Å²) >= 11 is 0. The van der Waals surface area contributed by atoms with Gasteiger partial charge in [0.25, 0.3) is 5.56 Å². The van der Waals surface area contributed by atoms with E-state index in [1.165, 1.54) is 10.7 Å². The number of aromatic nitrogens is 3. The SMILES string of the molecule is Cn1cc(CC(=O)N2CCCC2Cn2ncccc2=O)c2ccccc21. The summed E-state index contributed by atoms with van der Waals surface area (Å²) in [6.07, 6.45) is 5.91. The van der Waals surface area contributed by atoms with Gasteiger partial charge in [-0.25, -0.2) is 4.68 Å². The van der Waals surface area contributed by atoms with Crippen LogP contribution in [0.1, 0.15) is 18.4 Å². The molecule has 0 bridgehead atoms. The average molecular weight is 350 g/mol. The largest absolute Gasteiger partial charge is 0.350 e. The van der Waals surface area contributed by atoms with E-state index < -0.39 is 0 Å². The van der Waals surface area contributed by atoms with Gasteiger partial charge in [-0.15, -0.1) is 0 Å². The number of carbonyl (C=O) groups is 1. The Morgan fingerprint density at radius 2 is 2.08 bits per heavy atom. The molecule has 1 saturated heterocycles. The molecule has 1 fully saturated rings. The second-order valence-corrected chi connectivity index (χ2v) is 6.89. The number of amides is 1. The number of nitrogens with zero attached hydrogens (tertiary/aromatic N) is 4. The van der Waals surface area contributed by atoms with Gasteiger partial charge in [-0.05, 0) is 30.5 Å². The van der Waals surface area contributed by atoms with Gasteiger partial charge in [0.15, 0.2) is 0 Å². The van der Waals surface area contributed by atoms with Gasteiger partial charge < -0.3 is 9.47 Å². The summed E-state index contributed by atoms with van der Waals surface area (Å²) in [6.45, 7) is 1.21. The fourth-order valence-corrected chi connectivity index (χ4v) is 3.91. The fraction of sp³-hybridized carbons (Fsp3) is 0.350. The van der Waals surface area contributed by atoms with Crippen molar-refractivity contribution in [2.45, 2.75) is 31.8 Å². The normalized spacial score (nSPS) is 17.1. The lowest BCUT2D eigenvalue weighted by Gasteiger charge is -2.25. The smallest absolute Gasteiger partial charge is 0.266 e. The van der Waals surface area contributed by atoms with E-state index in [-0.39, 0.29) is 17.5 Å². The quantitative estimate of drug-likeness (QED) is 0.723. The molecule has 4 rings (SSSR count). The van der Waals surface area contributed by atoms with Crippen molar-refractivity contribution in [2.75, 3.05) is 6.54 Å². The number of rotatable bonds is 4. The van der Waals surface area contributed by atoms with Crippen molar-refractivity contribution >= 4 is 16.8 Å². The van der Waals surface area contributed by atoms with Crippen molar-refractivity contribution in [1.82, 2.24) is 19.2 Å². The van der Waals surface area contributed by atoms with Crippen molar-refractivity contribution in [3.05, 3.63) is 64.7 Å². The third-order valence-electron chi connectivity index (χ3n) is 5.19. The molecule has 3 heterocycles. The fourth-order valence-electron chi connectivity index (χ4n) is 3.91. The van der Waals surface area contributed by atoms with E-state index in [2.05, 4.69) is 21.8 Å². The number of aryl methyl sites for hydroxylation is 1. The van der Waals surface area contributed by atoms with E-state index in [1.807, 2.05) is 30.3 Å². The van der Waals surface area contributed by atoms with Gasteiger partial charge >= 0.3 is 0 Å². The minimum Gasteiger partial charge on any atom is -0.350 e. The first-order valence-electron chi connectivity index (χ1n) is 8.98. The molecule has 0 radical (unpaired) electrons. The standard InChI is InChI=1S/C20H22N4O2/c1-22-13-15(17-7-2-3-8-18(17)22)12-20(26)23-11-5-6-16(23)14-24-19(25)9-4-10-21-24/h2-4,7-10,13,16H,5-6,11-12,14H2,1H3. The molecule has 0 aliphatic carbocycles. The molecular formula is C20H22N4O2. The molecule has 1 amide bonds. The van der Waals surface area contributed by atoms with Crippen LogP contribution in [-0.2, 0) is 24.8 Å². The van der Waals surface area contributed by atoms with Gasteiger partial charge in [-0.1, -0.05) is 18.2 Å². The minimum absolute atomic E-state index is 0.0325. The van der Waals surface area contributed by atoms with Gasteiger partial charge in [0.1, 0.15) is 0 Å². The summed E-state index contributed by atoms with van der Waals surface area (Å²) in [5, 5.41) is 5.25. The van der Waals surface area contributed by atoms with Crippen LogP contribution in [0.3, 0.4) is 0 Å².